The fourth-order valence-electron chi connectivity index (χ4n) is 3.42. The molecule has 148 valence electrons. The zero-order valence-electron chi connectivity index (χ0n) is 16.7. The lowest BCUT2D eigenvalue weighted by Crippen LogP contribution is -2.21. The molecule has 0 N–H and O–H groups in total. The molecule has 0 atom stereocenters. The molecule has 1 fully saturated rings. The first kappa shape index (κ1) is 20.6. The molecule has 4 nitrogen and oxygen atoms in total. The minimum Gasteiger partial charge on any atom is -0.466 e. The van der Waals surface area contributed by atoms with E-state index in [1.54, 1.807) is 0 Å². The quantitative estimate of drug-likeness (QED) is 0.466. The van der Waals surface area contributed by atoms with E-state index in [1.165, 1.54) is 11.1 Å². The molecular weight excluding hydrogens is 387 g/mol. The first-order chi connectivity index (χ1) is 13.4. The molecule has 6 heteroatoms. The molecule has 1 saturated heterocycles. The summed E-state index contributed by atoms with van der Waals surface area (Å²) in [6.45, 7) is 12.2. The maximum absolute atomic E-state index is 12.2. The second-order valence-electron chi connectivity index (χ2n) is 7.01. The van der Waals surface area contributed by atoms with E-state index in [9.17, 15) is 4.79 Å². The van der Waals surface area contributed by atoms with Crippen molar-refractivity contribution in [2.75, 3.05) is 29.0 Å². The molecule has 2 aromatic rings. The Kier molecular flexibility index (Phi) is 6.26. The summed E-state index contributed by atoms with van der Waals surface area (Å²) >= 11 is 6.32. The van der Waals surface area contributed by atoms with E-state index in [0.717, 1.165) is 29.8 Å². The van der Waals surface area contributed by atoms with Crippen LogP contribution in [-0.2, 0) is 21.3 Å². The van der Waals surface area contributed by atoms with Crippen LogP contribution in [-0.4, -0.2) is 25.7 Å². The topological polar surface area (TPSA) is 32.8 Å². The number of nitrogens with zero attached hydrogens (tertiary/aromatic N) is 2. The van der Waals surface area contributed by atoms with Gasteiger partial charge in [-0.3, -0.25) is 4.79 Å². The van der Waals surface area contributed by atoms with E-state index in [0.29, 0.717) is 6.61 Å². The van der Waals surface area contributed by atoms with Crippen LogP contribution >= 0.6 is 6.34 Å². The van der Waals surface area contributed by atoms with Crippen LogP contribution in [0.4, 0.5) is 11.4 Å². The van der Waals surface area contributed by atoms with Gasteiger partial charge in [0.1, 0.15) is 6.34 Å². The van der Waals surface area contributed by atoms with Gasteiger partial charge in [-0.25, -0.2) is 0 Å². The van der Waals surface area contributed by atoms with E-state index in [4.69, 9.17) is 16.5 Å². The number of benzene rings is 2. The third-order valence-corrected chi connectivity index (χ3v) is 10.0. The number of hydrogen-bond acceptors (Lipinski definition) is 3. The lowest BCUT2D eigenvalue weighted by Gasteiger charge is -2.37. The number of rotatable bonds is 6. The molecule has 0 radical (unpaired) electrons. The Hall–Kier alpha value is -2.10. The largest absolute Gasteiger partial charge is 0.466 e. The van der Waals surface area contributed by atoms with Gasteiger partial charge in [0.05, 0.1) is 13.0 Å². The standard InChI is InChI=1S/C22H27N2O2PS/c1-5-26-22(25)16-19(4)27(28)23(20-10-6-17(2)7-11-20)14-15-24(27)21-12-8-18(3)9-13-21/h6-13H,4-5,14-16H2,1-3H3. The molecule has 1 aliphatic rings. The normalized spacial score (nSPS) is 15.5. The predicted octanol–water partition coefficient (Wildman–Crippen LogP) is 5.41. The minimum atomic E-state index is -2.43. The summed E-state index contributed by atoms with van der Waals surface area (Å²) in [4.78, 5) is 12.2. The predicted molar refractivity (Wildman–Crippen MR) is 122 cm³/mol. The molecule has 0 bridgehead atoms. The zero-order chi connectivity index (χ0) is 20.3. The van der Waals surface area contributed by atoms with Crippen molar-refractivity contribution in [3.05, 3.63) is 71.6 Å². The van der Waals surface area contributed by atoms with Crippen molar-refractivity contribution in [3.8, 4) is 0 Å². The lowest BCUT2D eigenvalue weighted by atomic mass is 10.2. The Morgan fingerprint density at radius 2 is 1.43 bits per heavy atom. The van der Waals surface area contributed by atoms with Gasteiger partial charge < -0.3 is 14.1 Å². The molecule has 1 heterocycles. The van der Waals surface area contributed by atoms with Crippen molar-refractivity contribution in [2.24, 2.45) is 0 Å². The van der Waals surface area contributed by atoms with E-state index in [-0.39, 0.29) is 12.4 Å². The molecule has 2 aromatic carbocycles. The number of anilines is 2. The third-order valence-electron chi connectivity index (χ3n) is 4.91. The monoisotopic (exact) mass is 414 g/mol. The van der Waals surface area contributed by atoms with Crippen molar-refractivity contribution < 1.29 is 9.53 Å². The maximum Gasteiger partial charge on any atom is 0.310 e. The molecule has 0 aliphatic carbocycles. The molecular formula is C22H27N2O2PS. The van der Waals surface area contributed by atoms with Crippen molar-refractivity contribution >= 4 is 35.5 Å². The van der Waals surface area contributed by atoms with Gasteiger partial charge in [-0.2, -0.15) is 0 Å². The molecule has 28 heavy (non-hydrogen) atoms. The summed E-state index contributed by atoms with van der Waals surface area (Å²) in [5.41, 5.74) is 4.57. The van der Waals surface area contributed by atoms with Gasteiger partial charge in [-0.05, 0) is 56.8 Å². The summed E-state index contributed by atoms with van der Waals surface area (Å²) in [6, 6.07) is 16.8. The van der Waals surface area contributed by atoms with Gasteiger partial charge in [0, 0.05) is 29.8 Å². The van der Waals surface area contributed by atoms with Crippen LogP contribution in [0.25, 0.3) is 0 Å². The number of carbonyl (C=O) groups is 1. The highest BCUT2D eigenvalue weighted by Crippen LogP contribution is 2.66. The van der Waals surface area contributed by atoms with E-state index >= 15 is 0 Å². The smallest absolute Gasteiger partial charge is 0.310 e. The van der Waals surface area contributed by atoms with Gasteiger partial charge in [-0.1, -0.05) is 42.0 Å². The van der Waals surface area contributed by atoms with Crippen LogP contribution in [0.1, 0.15) is 24.5 Å². The molecule has 0 amide bonds. The lowest BCUT2D eigenvalue weighted by molar-refractivity contribution is -0.142. The summed E-state index contributed by atoms with van der Waals surface area (Å²) in [7, 11) is 0. The van der Waals surface area contributed by atoms with Crippen LogP contribution in [0.2, 0.25) is 0 Å². The average molecular weight is 415 g/mol. The Morgan fingerprint density at radius 1 is 1.00 bits per heavy atom. The van der Waals surface area contributed by atoms with Gasteiger partial charge in [0.15, 0.2) is 0 Å². The van der Waals surface area contributed by atoms with E-state index < -0.39 is 6.34 Å². The van der Waals surface area contributed by atoms with Crippen molar-refractivity contribution in [3.63, 3.8) is 0 Å². The van der Waals surface area contributed by atoms with E-state index in [2.05, 4.69) is 78.3 Å². The fourth-order valence-corrected chi connectivity index (χ4v) is 7.56. The SMILES string of the molecule is C=C(CC(=O)OCC)P1(=S)N(c2ccc(C)cc2)CCN1c1ccc(C)cc1. The molecule has 0 aromatic heterocycles. The molecule has 0 saturated carbocycles. The Balaban J connectivity index is 2.01. The first-order valence-electron chi connectivity index (χ1n) is 9.49. The highest BCUT2D eigenvalue weighted by molar-refractivity contribution is 8.18. The molecule has 0 spiro atoms. The fraction of sp³-hybridized carbons (Fsp3) is 0.318. The summed E-state index contributed by atoms with van der Waals surface area (Å²) in [5.74, 6) is -0.267. The third kappa shape index (κ3) is 4.01. The Labute approximate surface area is 172 Å². The number of carbonyl (C=O) groups excluding carboxylic acids is 1. The molecule has 3 rings (SSSR count). The zero-order valence-corrected chi connectivity index (χ0v) is 18.4. The Bertz CT molecular complexity index is 852. The Morgan fingerprint density at radius 3 is 1.82 bits per heavy atom. The number of aryl methyl sites for hydroxylation is 2. The molecule has 0 unspecified atom stereocenters. The van der Waals surface area contributed by atoms with Crippen LogP contribution in [0, 0.1) is 13.8 Å². The van der Waals surface area contributed by atoms with Crippen molar-refractivity contribution in [1.29, 1.82) is 0 Å². The van der Waals surface area contributed by atoms with Crippen LogP contribution < -0.4 is 9.34 Å². The maximum atomic E-state index is 12.2. The first-order valence-corrected chi connectivity index (χ1v) is 12.2. The van der Waals surface area contributed by atoms with Gasteiger partial charge in [0.2, 0.25) is 0 Å². The summed E-state index contributed by atoms with van der Waals surface area (Å²) in [5, 5.41) is 0.764. The highest BCUT2D eigenvalue weighted by atomic mass is 32.4. The van der Waals surface area contributed by atoms with Crippen molar-refractivity contribution in [1.82, 2.24) is 0 Å². The summed E-state index contributed by atoms with van der Waals surface area (Å²) in [6.07, 6.45) is -2.28. The number of ether oxygens (including phenoxy) is 1. The van der Waals surface area contributed by atoms with Crippen LogP contribution in [0.5, 0.6) is 0 Å². The second kappa shape index (κ2) is 8.50. The second-order valence-corrected chi connectivity index (χ2v) is 11.2. The van der Waals surface area contributed by atoms with Gasteiger partial charge in [0.25, 0.3) is 0 Å². The summed E-state index contributed by atoms with van der Waals surface area (Å²) < 4.78 is 9.70. The van der Waals surface area contributed by atoms with Crippen molar-refractivity contribution in [2.45, 2.75) is 27.2 Å². The molecule has 1 aliphatic heterocycles. The minimum absolute atomic E-state index is 0.149. The van der Waals surface area contributed by atoms with Gasteiger partial charge in [-0.15, -0.1) is 0 Å². The number of hydrogen-bond donors (Lipinski definition) is 0. The van der Waals surface area contributed by atoms with Gasteiger partial charge >= 0.3 is 5.97 Å². The average Bonchev–Trinajstić information content (AvgIpc) is 3.02. The van der Waals surface area contributed by atoms with Crippen LogP contribution in [0.15, 0.2) is 60.4 Å². The highest BCUT2D eigenvalue weighted by Gasteiger charge is 2.41. The van der Waals surface area contributed by atoms with E-state index in [1.807, 2.05) is 6.92 Å². The van der Waals surface area contributed by atoms with Crippen LogP contribution in [0.3, 0.4) is 0 Å². The number of esters is 1.